The Hall–Kier alpha value is -0.790. The van der Waals surface area contributed by atoms with E-state index in [2.05, 4.69) is 13.0 Å². The molecule has 0 spiro atoms. The molecule has 0 aromatic heterocycles. The number of hydrogen-bond acceptors (Lipinski definition) is 2. The van der Waals surface area contributed by atoms with Crippen molar-refractivity contribution in [1.29, 1.82) is 0 Å². The van der Waals surface area contributed by atoms with E-state index in [4.69, 9.17) is 4.74 Å². The summed E-state index contributed by atoms with van der Waals surface area (Å²) < 4.78 is 5.36. The van der Waals surface area contributed by atoms with Crippen LogP contribution in [0.3, 0.4) is 0 Å². The first-order valence-corrected chi connectivity index (χ1v) is 9.40. The fourth-order valence-electron chi connectivity index (χ4n) is 6.88. The summed E-state index contributed by atoms with van der Waals surface area (Å²) in [5.74, 6) is 2.20. The third kappa shape index (κ3) is 1.82. The Morgan fingerprint density at radius 2 is 2.00 bits per heavy atom. The van der Waals surface area contributed by atoms with Crippen molar-refractivity contribution >= 4 is 5.97 Å². The second kappa shape index (κ2) is 5.11. The molecule has 0 radical (unpaired) electrons. The molecule has 4 rings (SSSR count). The summed E-state index contributed by atoms with van der Waals surface area (Å²) in [7, 11) is 1.59. The molecule has 0 bridgehead atoms. The second-order valence-electron chi connectivity index (χ2n) is 8.60. The quantitative estimate of drug-likeness (QED) is 0.509. The average Bonchev–Trinajstić information content (AvgIpc) is 2.95. The molecule has 22 heavy (non-hydrogen) atoms. The summed E-state index contributed by atoms with van der Waals surface area (Å²) in [6, 6.07) is 0. The highest BCUT2D eigenvalue weighted by atomic mass is 16.5. The first-order chi connectivity index (χ1) is 10.6. The summed E-state index contributed by atoms with van der Waals surface area (Å²) in [5, 5.41) is 0. The number of ether oxygens (including phenoxy) is 1. The van der Waals surface area contributed by atoms with Crippen LogP contribution in [0.5, 0.6) is 0 Å². The largest absolute Gasteiger partial charge is 0.468 e. The van der Waals surface area contributed by atoms with Crippen molar-refractivity contribution in [3.8, 4) is 0 Å². The van der Waals surface area contributed by atoms with Gasteiger partial charge in [-0.2, -0.15) is 0 Å². The van der Waals surface area contributed by atoms with E-state index in [1.807, 2.05) is 0 Å². The molecule has 4 aliphatic carbocycles. The maximum absolute atomic E-state index is 12.9. The zero-order valence-corrected chi connectivity index (χ0v) is 14.2. The minimum atomic E-state index is -0.250. The van der Waals surface area contributed by atoms with Crippen molar-refractivity contribution in [2.24, 2.45) is 28.6 Å². The topological polar surface area (TPSA) is 26.3 Å². The zero-order chi connectivity index (χ0) is 15.4. The van der Waals surface area contributed by atoms with Gasteiger partial charge < -0.3 is 4.74 Å². The van der Waals surface area contributed by atoms with E-state index >= 15 is 0 Å². The minimum Gasteiger partial charge on any atom is -0.468 e. The van der Waals surface area contributed by atoms with Gasteiger partial charge in [0.2, 0.25) is 0 Å². The van der Waals surface area contributed by atoms with Gasteiger partial charge in [-0.25, -0.2) is 0 Å². The number of rotatable bonds is 1. The van der Waals surface area contributed by atoms with E-state index in [-0.39, 0.29) is 11.4 Å². The van der Waals surface area contributed by atoms with Gasteiger partial charge in [0.1, 0.15) is 0 Å². The van der Waals surface area contributed by atoms with Gasteiger partial charge in [-0.15, -0.1) is 0 Å². The normalized spacial score (nSPS) is 47.0. The van der Waals surface area contributed by atoms with Crippen LogP contribution in [-0.4, -0.2) is 13.1 Å². The van der Waals surface area contributed by atoms with Gasteiger partial charge in [-0.05, 0) is 74.5 Å². The van der Waals surface area contributed by atoms with Crippen molar-refractivity contribution in [2.75, 3.05) is 7.11 Å². The van der Waals surface area contributed by atoms with Crippen molar-refractivity contribution in [2.45, 2.75) is 71.1 Å². The second-order valence-corrected chi connectivity index (χ2v) is 8.60. The Balaban J connectivity index is 1.76. The average molecular weight is 302 g/mol. The van der Waals surface area contributed by atoms with Gasteiger partial charge in [-0.1, -0.05) is 31.4 Å². The molecule has 0 unspecified atom stereocenters. The Labute approximate surface area is 134 Å². The molecule has 0 amide bonds. The number of esters is 1. The van der Waals surface area contributed by atoms with Crippen molar-refractivity contribution in [1.82, 2.24) is 0 Å². The van der Waals surface area contributed by atoms with E-state index < -0.39 is 0 Å². The lowest BCUT2D eigenvalue weighted by molar-refractivity contribution is -0.161. The summed E-state index contributed by atoms with van der Waals surface area (Å²) >= 11 is 0. The van der Waals surface area contributed by atoms with Crippen molar-refractivity contribution in [3.05, 3.63) is 11.6 Å². The lowest BCUT2D eigenvalue weighted by Gasteiger charge is -2.56. The lowest BCUT2D eigenvalue weighted by Crippen LogP contribution is -2.53. The van der Waals surface area contributed by atoms with Crippen LogP contribution in [0.15, 0.2) is 11.6 Å². The minimum absolute atomic E-state index is 0.0785. The maximum atomic E-state index is 12.9. The molecular formula is C20H30O2. The van der Waals surface area contributed by atoms with Crippen LogP contribution in [0.2, 0.25) is 0 Å². The van der Waals surface area contributed by atoms with E-state index in [1.165, 1.54) is 56.9 Å². The molecule has 0 aliphatic heterocycles. The monoisotopic (exact) mass is 302 g/mol. The van der Waals surface area contributed by atoms with Crippen LogP contribution in [0.25, 0.3) is 0 Å². The molecule has 3 fully saturated rings. The first-order valence-electron chi connectivity index (χ1n) is 9.40. The number of carbonyl (C=O) groups excluding carboxylic acids is 1. The Kier molecular flexibility index (Phi) is 3.43. The molecule has 0 heterocycles. The highest BCUT2D eigenvalue weighted by Crippen LogP contribution is 2.65. The molecule has 122 valence electrons. The van der Waals surface area contributed by atoms with Crippen LogP contribution < -0.4 is 0 Å². The molecule has 0 aromatic rings. The number of hydrogen-bond donors (Lipinski definition) is 0. The van der Waals surface area contributed by atoms with Gasteiger partial charge in [0.25, 0.3) is 0 Å². The Bertz CT molecular complexity index is 508. The molecule has 5 atom stereocenters. The highest BCUT2D eigenvalue weighted by molar-refractivity contribution is 5.81. The third-order valence-corrected chi connectivity index (χ3v) is 7.88. The van der Waals surface area contributed by atoms with Gasteiger partial charge in [0, 0.05) is 0 Å². The number of allylic oxidation sites excluding steroid dienone is 1. The molecule has 4 aliphatic rings. The van der Waals surface area contributed by atoms with Crippen molar-refractivity contribution < 1.29 is 9.53 Å². The summed E-state index contributed by atoms with van der Waals surface area (Å²) in [5.41, 5.74) is 1.74. The van der Waals surface area contributed by atoms with E-state index in [0.29, 0.717) is 11.3 Å². The Morgan fingerprint density at radius 1 is 1.14 bits per heavy atom. The number of carbonyl (C=O) groups is 1. The first kappa shape index (κ1) is 14.8. The molecule has 2 nitrogen and oxygen atoms in total. The summed E-state index contributed by atoms with van der Waals surface area (Å²) in [4.78, 5) is 12.9. The van der Waals surface area contributed by atoms with E-state index in [9.17, 15) is 4.79 Å². The van der Waals surface area contributed by atoms with Crippen LogP contribution in [0.1, 0.15) is 71.1 Å². The van der Waals surface area contributed by atoms with Crippen LogP contribution >= 0.6 is 0 Å². The van der Waals surface area contributed by atoms with Gasteiger partial charge in [0.15, 0.2) is 0 Å². The smallest absolute Gasteiger partial charge is 0.316 e. The fourth-order valence-corrected chi connectivity index (χ4v) is 6.88. The lowest BCUT2D eigenvalue weighted by atomic mass is 9.47. The molecular weight excluding hydrogens is 272 g/mol. The van der Waals surface area contributed by atoms with Gasteiger partial charge >= 0.3 is 5.97 Å². The molecule has 3 saturated carbocycles. The molecule has 0 saturated heterocycles. The van der Waals surface area contributed by atoms with Crippen LogP contribution in [0, 0.1) is 28.6 Å². The SMILES string of the molecule is COC(=O)[C@]12CCCCC1=CC[C@@H]1[C@H]2CC[C@]2(C)CCC[C@@H]12. The van der Waals surface area contributed by atoms with Crippen molar-refractivity contribution in [3.63, 3.8) is 0 Å². The molecule has 2 heteroatoms. The predicted octanol–water partition coefficient (Wildman–Crippen LogP) is 4.88. The standard InChI is InChI=1S/C20H30O2/c1-19-11-5-7-16(19)15-9-8-14-6-3-4-12-20(14,18(21)22-2)17(15)10-13-19/h8,15-17H,3-7,9-13H2,1-2H3/t15-,16-,17+,19-,20+/m0/s1. The van der Waals surface area contributed by atoms with Gasteiger partial charge in [0.05, 0.1) is 12.5 Å². The maximum Gasteiger partial charge on any atom is 0.316 e. The van der Waals surface area contributed by atoms with E-state index in [1.54, 1.807) is 7.11 Å². The Morgan fingerprint density at radius 3 is 2.82 bits per heavy atom. The van der Waals surface area contributed by atoms with Gasteiger partial charge in [-0.3, -0.25) is 4.79 Å². The molecule has 0 N–H and O–H groups in total. The van der Waals surface area contributed by atoms with Crippen LogP contribution in [0.4, 0.5) is 0 Å². The zero-order valence-electron chi connectivity index (χ0n) is 14.2. The van der Waals surface area contributed by atoms with E-state index in [0.717, 1.165) is 24.7 Å². The summed E-state index contributed by atoms with van der Waals surface area (Å²) in [6.45, 7) is 2.52. The third-order valence-electron chi connectivity index (χ3n) is 7.88. The van der Waals surface area contributed by atoms with Crippen LogP contribution in [-0.2, 0) is 9.53 Å². The molecule has 0 aromatic carbocycles. The highest BCUT2D eigenvalue weighted by Gasteiger charge is 2.60. The number of fused-ring (bicyclic) bond motifs is 5. The number of methoxy groups -OCH3 is 1. The predicted molar refractivity (Wildman–Crippen MR) is 87.3 cm³/mol. The summed E-state index contributed by atoms with van der Waals surface area (Å²) in [6.07, 6.45) is 15.0. The fraction of sp³-hybridized carbons (Fsp3) is 0.850.